The zero-order valence-corrected chi connectivity index (χ0v) is 17.5. The van der Waals surface area contributed by atoms with Gasteiger partial charge in [-0.05, 0) is 29.3 Å². The molecule has 2 aliphatic heterocycles. The fraction of sp³-hybridized carbons (Fsp3) is 0.292. The number of aromatic nitrogens is 1. The molecule has 2 aromatic carbocycles. The summed E-state index contributed by atoms with van der Waals surface area (Å²) in [4.78, 5) is 27.5. The maximum absolute atomic E-state index is 13.3. The minimum atomic E-state index is -0.455. The lowest BCUT2D eigenvalue weighted by Crippen LogP contribution is -2.43. The zero-order chi connectivity index (χ0) is 21.9. The van der Waals surface area contributed by atoms with E-state index in [1.807, 2.05) is 42.5 Å². The summed E-state index contributed by atoms with van der Waals surface area (Å²) in [5.41, 5.74) is 2.80. The van der Waals surface area contributed by atoms with Crippen molar-refractivity contribution in [2.24, 2.45) is 0 Å². The molecular weight excluding hydrogens is 410 g/mol. The first kappa shape index (κ1) is 20.3. The van der Waals surface area contributed by atoms with Gasteiger partial charge in [0.25, 0.3) is 11.8 Å². The molecule has 1 unspecified atom stereocenters. The van der Waals surface area contributed by atoms with Crippen LogP contribution in [0.25, 0.3) is 0 Å². The quantitative estimate of drug-likeness (QED) is 0.665. The Bertz CT molecular complexity index is 1130. The van der Waals surface area contributed by atoms with E-state index in [1.165, 1.54) is 0 Å². The molecule has 3 heterocycles. The SMILES string of the molecule is O=C(NCc1ccccc1)c1cc(C2COCCN2C(=O)c2ccc3c(c2)CCO3)on1. The second kappa shape index (κ2) is 8.84. The van der Waals surface area contributed by atoms with Crippen LogP contribution in [0.1, 0.15) is 43.8 Å². The zero-order valence-electron chi connectivity index (χ0n) is 17.5. The van der Waals surface area contributed by atoms with Crippen molar-refractivity contribution in [3.05, 3.63) is 82.7 Å². The summed E-state index contributed by atoms with van der Waals surface area (Å²) >= 11 is 0. The van der Waals surface area contributed by atoms with Gasteiger partial charge in [-0.3, -0.25) is 9.59 Å². The fourth-order valence-corrected chi connectivity index (χ4v) is 3.99. The Kier molecular flexibility index (Phi) is 5.60. The molecule has 1 N–H and O–H groups in total. The van der Waals surface area contributed by atoms with Crippen molar-refractivity contribution in [1.82, 2.24) is 15.4 Å². The first-order valence-electron chi connectivity index (χ1n) is 10.6. The molecule has 0 saturated carbocycles. The van der Waals surface area contributed by atoms with Crippen molar-refractivity contribution in [2.45, 2.75) is 19.0 Å². The van der Waals surface area contributed by atoms with Crippen LogP contribution < -0.4 is 10.1 Å². The number of carbonyl (C=O) groups excluding carboxylic acids is 2. The van der Waals surface area contributed by atoms with Crippen LogP contribution in [-0.2, 0) is 17.7 Å². The third-order valence-corrected chi connectivity index (χ3v) is 5.71. The van der Waals surface area contributed by atoms with Gasteiger partial charge in [-0.25, -0.2) is 0 Å². The second-order valence-electron chi connectivity index (χ2n) is 7.79. The topological polar surface area (TPSA) is 93.9 Å². The molecule has 1 aromatic heterocycles. The van der Waals surface area contributed by atoms with Gasteiger partial charge in [0.05, 0.1) is 19.8 Å². The van der Waals surface area contributed by atoms with Gasteiger partial charge in [0.1, 0.15) is 11.8 Å². The standard InChI is InChI=1S/C24H23N3O5/c28-23(25-14-16-4-2-1-3-5-16)19-13-22(32-26-19)20-15-30-11-9-27(20)24(29)18-6-7-21-17(12-18)8-10-31-21/h1-7,12-13,20H,8-11,14-15H2,(H,25,28). The van der Waals surface area contributed by atoms with E-state index >= 15 is 0 Å². The monoisotopic (exact) mass is 433 g/mol. The second-order valence-corrected chi connectivity index (χ2v) is 7.79. The van der Waals surface area contributed by atoms with E-state index in [9.17, 15) is 9.59 Å². The smallest absolute Gasteiger partial charge is 0.273 e. The summed E-state index contributed by atoms with van der Waals surface area (Å²) in [6, 6.07) is 16.3. The van der Waals surface area contributed by atoms with E-state index in [0.29, 0.717) is 37.6 Å². The van der Waals surface area contributed by atoms with Crippen molar-refractivity contribution >= 4 is 11.8 Å². The Balaban J connectivity index is 1.30. The average Bonchev–Trinajstić information content (AvgIpc) is 3.52. The molecule has 0 spiro atoms. The van der Waals surface area contributed by atoms with Crippen LogP contribution >= 0.6 is 0 Å². The Morgan fingerprint density at radius 3 is 2.84 bits per heavy atom. The summed E-state index contributed by atoms with van der Waals surface area (Å²) in [6.07, 6.45) is 0.798. The lowest BCUT2D eigenvalue weighted by molar-refractivity contribution is -0.0103. The molecule has 1 atom stereocenters. The van der Waals surface area contributed by atoms with Gasteiger partial charge in [0.2, 0.25) is 0 Å². The van der Waals surface area contributed by atoms with Gasteiger partial charge in [0, 0.05) is 31.1 Å². The van der Waals surface area contributed by atoms with E-state index in [1.54, 1.807) is 17.0 Å². The molecule has 0 aliphatic carbocycles. The Morgan fingerprint density at radius 2 is 1.97 bits per heavy atom. The Labute approximate surface area is 185 Å². The number of carbonyl (C=O) groups is 2. The van der Waals surface area contributed by atoms with Crippen LogP contribution in [-0.4, -0.2) is 48.2 Å². The molecule has 5 rings (SSSR count). The molecule has 0 bridgehead atoms. The summed E-state index contributed by atoms with van der Waals surface area (Å²) in [5.74, 6) is 0.811. The van der Waals surface area contributed by atoms with E-state index in [-0.39, 0.29) is 24.1 Å². The fourth-order valence-electron chi connectivity index (χ4n) is 3.99. The highest BCUT2D eigenvalue weighted by molar-refractivity contribution is 5.95. The molecule has 1 fully saturated rings. The van der Waals surface area contributed by atoms with Crippen molar-refractivity contribution in [1.29, 1.82) is 0 Å². The van der Waals surface area contributed by atoms with Gasteiger partial charge in [-0.15, -0.1) is 0 Å². The molecule has 2 amide bonds. The van der Waals surface area contributed by atoms with Crippen molar-refractivity contribution in [3.63, 3.8) is 0 Å². The number of nitrogens with zero attached hydrogens (tertiary/aromatic N) is 2. The normalized spacial score (nSPS) is 17.5. The van der Waals surface area contributed by atoms with Gasteiger partial charge in [-0.2, -0.15) is 0 Å². The first-order chi connectivity index (χ1) is 15.7. The molecule has 1 saturated heterocycles. The molecule has 0 radical (unpaired) electrons. The lowest BCUT2D eigenvalue weighted by atomic mass is 10.1. The number of ether oxygens (including phenoxy) is 2. The van der Waals surface area contributed by atoms with Gasteiger partial charge in [0.15, 0.2) is 11.5 Å². The highest BCUT2D eigenvalue weighted by Gasteiger charge is 2.33. The maximum atomic E-state index is 13.3. The Morgan fingerprint density at radius 1 is 1.09 bits per heavy atom. The predicted octanol–water partition coefficient (Wildman–Crippen LogP) is 2.75. The average molecular weight is 433 g/mol. The van der Waals surface area contributed by atoms with E-state index in [2.05, 4.69) is 10.5 Å². The van der Waals surface area contributed by atoms with Crippen LogP contribution in [0.5, 0.6) is 5.75 Å². The number of hydrogen-bond donors (Lipinski definition) is 1. The third-order valence-electron chi connectivity index (χ3n) is 5.71. The van der Waals surface area contributed by atoms with Gasteiger partial charge in [-0.1, -0.05) is 35.5 Å². The number of benzene rings is 2. The molecule has 32 heavy (non-hydrogen) atoms. The van der Waals surface area contributed by atoms with Crippen LogP contribution in [0, 0.1) is 0 Å². The van der Waals surface area contributed by atoms with Gasteiger partial charge < -0.3 is 24.2 Å². The van der Waals surface area contributed by atoms with E-state index in [0.717, 1.165) is 23.3 Å². The van der Waals surface area contributed by atoms with Crippen LogP contribution in [0.3, 0.4) is 0 Å². The largest absolute Gasteiger partial charge is 0.493 e. The van der Waals surface area contributed by atoms with Gasteiger partial charge >= 0.3 is 0 Å². The third kappa shape index (κ3) is 4.09. The highest BCUT2D eigenvalue weighted by atomic mass is 16.5. The number of fused-ring (bicyclic) bond motifs is 1. The van der Waals surface area contributed by atoms with E-state index in [4.69, 9.17) is 14.0 Å². The van der Waals surface area contributed by atoms with Crippen LogP contribution in [0.2, 0.25) is 0 Å². The van der Waals surface area contributed by atoms with Crippen LogP contribution in [0.4, 0.5) is 0 Å². The molecule has 2 aliphatic rings. The Hall–Kier alpha value is -3.65. The molecule has 3 aromatic rings. The number of nitrogens with one attached hydrogen (secondary N) is 1. The number of rotatable bonds is 5. The summed E-state index contributed by atoms with van der Waals surface area (Å²) < 4.78 is 16.6. The molecule has 164 valence electrons. The highest BCUT2D eigenvalue weighted by Crippen LogP contribution is 2.30. The first-order valence-corrected chi connectivity index (χ1v) is 10.6. The number of amides is 2. The maximum Gasteiger partial charge on any atom is 0.273 e. The molecule has 8 heteroatoms. The predicted molar refractivity (Wildman–Crippen MR) is 114 cm³/mol. The molecular formula is C24H23N3O5. The van der Waals surface area contributed by atoms with Crippen LogP contribution in [0.15, 0.2) is 59.1 Å². The van der Waals surface area contributed by atoms with Crippen molar-refractivity contribution < 1.29 is 23.6 Å². The van der Waals surface area contributed by atoms with E-state index < -0.39 is 6.04 Å². The van der Waals surface area contributed by atoms with Crippen molar-refractivity contribution in [3.8, 4) is 5.75 Å². The number of morpholine rings is 1. The minimum Gasteiger partial charge on any atom is -0.493 e. The minimum absolute atomic E-state index is 0.112. The lowest BCUT2D eigenvalue weighted by Gasteiger charge is -2.34. The summed E-state index contributed by atoms with van der Waals surface area (Å²) in [6.45, 7) is 2.17. The summed E-state index contributed by atoms with van der Waals surface area (Å²) in [7, 11) is 0. The molecule has 8 nitrogen and oxygen atoms in total. The van der Waals surface area contributed by atoms with Crippen molar-refractivity contribution in [2.75, 3.05) is 26.4 Å². The number of hydrogen-bond acceptors (Lipinski definition) is 6. The summed E-state index contributed by atoms with van der Waals surface area (Å²) in [5, 5.41) is 6.75.